The Morgan fingerprint density at radius 1 is 1.22 bits per heavy atom. The Hall–Kier alpha value is -1.02. The molecule has 100 valence electrons. The monoisotopic (exact) mass is 247 g/mol. The number of hydrogen-bond donors (Lipinski definition) is 2. The van der Waals surface area contributed by atoms with Crippen molar-refractivity contribution in [3.8, 4) is 5.75 Å². The lowest BCUT2D eigenvalue weighted by Crippen LogP contribution is -2.42. The van der Waals surface area contributed by atoms with Crippen LogP contribution in [0.3, 0.4) is 0 Å². The molecule has 0 aromatic heterocycles. The number of aryl methyl sites for hydroxylation is 1. The minimum absolute atomic E-state index is 0.350. The van der Waals surface area contributed by atoms with Gasteiger partial charge in [0.15, 0.2) is 0 Å². The predicted molar refractivity (Wildman–Crippen MR) is 75.8 cm³/mol. The number of benzene rings is 1. The van der Waals surface area contributed by atoms with E-state index < -0.39 is 0 Å². The van der Waals surface area contributed by atoms with Crippen molar-refractivity contribution in [3.05, 3.63) is 29.8 Å². The van der Waals surface area contributed by atoms with Gasteiger partial charge in [0.25, 0.3) is 0 Å². The van der Waals surface area contributed by atoms with E-state index in [-0.39, 0.29) is 0 Å². The maximum atomic E-state index is 9.24. The molecular weight excluding hydrogens is 222 g/mol. The molecule has 2 unspecified atom stereocenters. The summed E-state index contributed by atoms with van der Waals surface area (Å²) >= 11 is 0. The maximum Gasteiger partial charge on any atom is 0.115 e. The number of nitrogens with one attached hydrogen (secondary N) is 1. The molecule has 0 aliphatic heterocycles. The highest BCUT2D eigenvalue weighted by molar-refractivity contribution is 5.25. The van der Waals surface area contributed by atoms with Crippen molar-refractivity contribution in [1.82, 2.24) is 5.32 Å². The first-order valence-corrected chi connectivity index (χ1v) is 7.19. The van der Waals surface area contributed by atoms with Crippen molar-refractivity contribution >= 4 is 0 Å². The smallest absolute Gasteiger partial charge is 0.115 e. The highest BCUT2D eigenvalue weighted by atomic mass is 16.3. The highest BCUT2D eigenvalue weighted by Crippen LogP contribution is 2.29. The second-order valence-electron chi connectivity index (χ2n) is 5.75. The second kappa shape index (κ2) is 6.24. The van der Waals surface area contributed by atoms with Crippen molar-refractivity contribution in [2.45, 2.75) is 58.0 Å². The number of aromatic hydroxyl groups is 1. The molecule has 0 radical (unpaired) electrons. The Labute approximate surface area is 110 Å². The van der Waals surface area contributed by atoms with Crippen LogP contribution in [-0.2, 0) is 6.42 Å². The van der Waals surface area contributed by atoms with Crippen LogP contribution in [0.4, 0.5) is 0 Å². The quantitative estimate of drug-likeness (QED) is 0.806. The van der Waals surface area contributed by atoms with Crippen molar-refractivity contribution < 1.29 is 5.11 Å². The van der Waals surface area contributed by atoms with Crippen LogP contribution < -0.4 is 5.32 Å². The van der Waals surface area contributed by atoms with Gasteiger partial charge in [0.05, 0.1) is 0 Å². The summed E-state index contributed by atoms with van der Waals surface area (Å²) in [6, 6.07) is 8.78. The molecule has 0 spiro atoms. The van der Waals surface area contributed by atoms with Gasteiger partial charge >= 0.3 is 0 Å². The fourth-order valence-corrected chi connectivity index (χ4v) is 2.65. The molecule has 2 atom stereocenters. The van der Waals surface area contributed by atoms with Gasteiger partial charge in [-0.05, 0) is 63.1 Å². The molecule has 1 saturated carbocycles. The van der Waals surface area contributed by atoms with E-state index in [2.05, 4.69) is 19.2 Å². The SMILES string of the molecule is CC(CCc1ccc(O)cc1)NC(C)C1CCC1. The van der Waals surface area contributed by atoms with Gasteiger partial charge in [-0.25, -0.2) is 0 Å². The van der Waals surface area contributed by atoms with Crippen LogP contribution in [0.2, 0.25) is 0 Å². The van der Waals surface area contributed by atoms with Crippen LogP contribution >= 0.6 is 0 Å². The molecule has 1 aliphatic rings. The van der Waals surface area contributed by atoms with E-state index in [9.17, 15) is 5.11 Å². The Morgan fingerprint density at radius 3 is 2.44 bits per heavy atom. The third-order valence-corrected chi connectivity index (χ3v) is 4.21. The third kappa shape index (κ3) is 3.74. The zero-order chi connectivity index (χ0) is 13.0. The molecule has 1 aliphatic carbocycles. The summed E-state index contributed by atoms with van der Waals surface area (Å²) in [5.74, 6) is 1.25. The molecule has 0 heterocycles. The van der Waals surface area contributed by atoms with Gasteiger partial charge in [-0.3, -0.25) is 0 Å². The summed E-state index contributed by atoms with van der Waals surface area (Å²) in [6.45, 7) is 4.59. The summed E-state index contributed by atoms with van der Waals surface area (Å²) in [5.41, 5.74) is 1.30. The molecule has 2 rings (SSSR count). The lowest BCUT2D eigenvalue weighted by molar-refractivity contribution is 0.227. The van der Waals surface area contributed by atoms with Crippen molar-refractivity contribution in [3.63, 3.8) is 0 Å². The summed E-state index contributed by atoms with van der Waals surface area (Å²) < 4.78 is 0. The summed E-state index contributed by atoms with van der Waals surface area (Å²) in [7, 11) is 0. The molecular formula is C16H25NO. The van der Waals surface area contributed by atoms with E-state index >= 15 is 0 Å². The largest absolute Gasteiger partial charge is 0.508 e. The Balaban J connectivity index is 1.70. The molecule has 1 aromatic rings. The first-order valence-electron chi connectivity index (χ1n) is 7.19. The minimum atomic E-state index is 0.350. The van der Waals surface area contributed by atoms with Crippen LogP contribution in [0.25, 0.3) is 0 Å². The van der Waals surface area contributed by atoms with Gasteiger partial charge in [-0.1, -0.05) is 18.6 Å². The minimum Gasteiger partial charge on any atom is -0.508 e. The molecule has 0 bridgehead atoms. The summed E-state index contributed by atoms with van der Waals surface area (Å²) in [5, 5.41) is 12.9. The fourth-order valence-electron chi connectivity index (χ4n) is 2.65. The van der Waals surface area contributed by atoms with Gasteiger partial charge in [-0.2, -0.15) is 0 Å². The van der Waals surface area contributed by atoms with Gasteiger partial charge in [0.2, 0.25) is 0 Å². The van der Waals surface area contributed by atoms with Gasteiger partial charge < -0.3 is 10.4 Å². The van der Waals surface area contributed by atoms with Crippen LogP contribution in [-0.4, -0.2) is 17.2 Å². The lowest BCUT2D eigenvalue weighted by atomic mass is 9.80. The fraction of sp³-hybridized carbons (Fsp3) is 0.625. The highest BCUT2D eigenvalue weighted by Gasteiger charge is 2.24. The van der Waals surface area contributed by atoms with Gasteiger partial charge in [0, 0.05) is 12.1 Å². The molecule has 2 nitrogen and oxygen atoms in total. The standard InChI is InChI=1S/C16H25NO/c1-12(17-13(2)15-4-3-5-15)6-7-14-8-10-16(18)11-9-14/h8-13,15,17-18H,3-7H2,1-2H3. The molecule has 0 amide bonds. The first-order chi connectivity index (χ1) is 8.65. The van der Waals surface area contributed by atoms with E-state index in [1.165, 1.54) is 24.8 Å². The first kappa shape index (κ1) is 13.4. The zero-order valence-electron chi connectivity index (χ0n) is 11.5. The van der Waals surface area contributed by atoms with Crippen LogP contribution in [0.5, 0.6) is 5.75 Å². The van der Waals surface area contributed by atoms with Crippen molar-refractivity contribution in [2.24, 2.45) is 5.92 Å². The molecule has 2 heteroatoms. The van der Waals surface area contributed by atoms with E-state index in [0.29, 0.717) is 17.8 Å². The maximum absolute atomic E-state index is 9.24. The molecule has 0 saturated heterocycles. The van der Waals surface area contributed by atoms with Gasteiger partial charge in [-0.15, -0.1) is 0 Å². The topological polar surface area (TPSA) is 32.3 Å². The predicted octanol–water partition coefficient (Wildman–Crippen LogP) is 3.49. The van der Waals surface area contributed by atoms with Crippen molar-refractivity contribution in [1.29, 1.82) is 0 Å². The van der Waals surface area contributed by atoms with Gasteiger partial charge in [0.1, 0.15) is 5.75 Å². The number of rotatable bonds is 6. The van der Waals surface area contributed by atoms with Crippen LogP contribution in [0.1, 0.15) is 45.1 Å². The third-order valence-electron chi connectivity index (χ3n) is 4.21. The second-order valence-corrected chi connectivity index (χ2v) is 5.75. The van der Waals surface area contributed by atoms with E-state index in [1.807, 2.05) is 12.1 Å². The zero-order valence-corrected chi connectivity index (χ0v) is 11.5. The van der Waals surface area contributed by atoms with E-state index in [0.717, 1.165) is 18.8 Å². The molecule has 18 heavy (non-hydrogen) atoms. The van der Waals surface area contributed by atoms with E-state index in [4.69, 9.17) is 0 Å². The Kier molecular flexibility index (Phi) is 4.65. The normalized spacial score (nSPS) is 19.2. The molecule has 1 fully saturated rings. The molecule has 1 aromatic carbocycles. The summed E-state index contributed by atoms with van der Waals surface area (Å²) in [4.78, 5) is 0. The van der Waals surface area contributed by atoms with E-state index in [1.54, 1.807) is 12.1 Å². The number of phenolic OH excluding ortho intramolecular Hbond substituents is 1. The molecule has 2 N–H and O–H groups in total. The van der Waals surface area contributed by atoms with Crippen molar-refractivity contribution in [2.75, 3.05) is 0 Å². The lowest BCUT2D eigenvalue weighted by Gasteiger charge is -2.34. The number of phenols is 1. The average molecular weight is 247 g/mol. The number of hydrogen-bond acceptors (Lipinski definition) is 2. The van der Waals surface area contributed by atoms with Crippen LogP contribution in [0, 0.1) is 5.92 Å². The Bertz CT molecular complexity index is 356. The summed E-state index contributed by atoms with van der Waals surface area (Å²) in [6.07, 6.45) is 6.45. The van der Waals surface area contributed by atoms with Crippen LogP contribution in [0.15, 0.2) is 24.3 Å². The average Bonchev–Trinajstić information content (AvgIpc) is 2.25. The Morgan fingerprint density at radius 2 is 1.89 bits per heavy atom.